The molecule has 1 aromatic heterocycles. The topological polar surface area (TPSA) is 79.3 Å². The van der Waals surface area contributed by atoms with Crippen molar-refractivity contribution in [2.75, 3.05) is 5.32 Å². The highest BCUT2D eigenvalue weighted by atomic mass is 19.1. The molecule has 0 saturated carbocycles. The van der Waals surface area contributed by atoms with Crippen molar-refractivity contribution in [1.82, 2.24) is 4.98 Å². The maximum absolute atomic E-state index is 13.6. The lowest BCUT2D eigenvalue weighted by Crippen LogP contribution is -2.15. The lowest BCUT2D eigenvalue weighted by atomic mass is 10.2. The minimum atomic E-state index is -1.29. The van der Waals surface area contributed by atoms with Crippen LogP contribution in [0, 0.1) is 11.6 Å². The summed E-state index contributed by atoms with van der Waals surface area (Å²) in [6.45, 7) is 0. The molecule has 0 spiro atoms. The highest BCUT2D eigenvalue weighted by Crippen LogP contribution is 2.17. The van der Waals surface area contributed by atoms with Gasteiger partial charge in [-0.25, -0.2) is 13.6 Å². The minimum Gasteiger partial charge on any atom is -0.478 e. The molecule has 20 heavy (non-hydrogen) atoms. The second-order valence-electron chi connectivity index (χ2n) is 3.81. The van der Waals surface area contributed by atoms with E-state index in [1.165, 1.54) is 6.20 Å². The first-order valence-electron chi connectivity index (χ1n) is 5.42. The van der Waals surface area contributed by atoms with Gasteiger partial charge in [0.05, 0.1) is 23.0 Å². The van der Waals surface area contributed by atoms with Crippen LogP contribution in [0.4, 0.5) is 14.5 Å². The summed E-state index contributed by atoms with van der Waals surface area (Å²) in [6.07, 6.45) is 2.08. The van der Waals surface area contributed by atoms with Crippen LogP contribution in [0.1, 0.15) is 20.7 Å². The number of aromatic nitrogens is 1. The monoisotopic (exact) mass is 278 g/mol. The van der Waals surface area contributed by atoms with E-state index in [2.05, 4.69) is 10.3 Å². The molecule has 5 nitrogen and oxygen atoms in total. The van der Waals surface area contributed by atoms with Crippen LogP contribution in [0.15, 0.2) is 36.7 Å². The molecule has 0 aliphatic heterocycles. The molecule has 2 aromatic rings. The van der Waals surface area contributed by atoms with Gasteiger partial charge in [0.1, 0.15) is 5.82 Å². The fourth-order valence-corrected chi connectivity index (χ4v) is 1.50. The summed E-state index contributed by atoms with van der Waals surface area (Å²) in [5.41, 5.74) is -0.784. The molecule has 0 aliphatic rings. The maximum Gasteiger partial charge on any atom is 0.335 e. The SMILES string of the molecule is O=C(O)c1ccc(NC(=O)c2ccncc2F)c(F)c1. The van der Waals surface area contributed by atoms with Crippen LogP contribution < -0.4 is 5.32 Å². The highest BCUT2D eigenvalue weighted by Gasteiger charge is 2.14. The van der Waals surface area contributed by atoms with Crippen LogP contribution in [0.2, 0.25) is 0 Å². The number of hydrogen-bond donors (Lipinski definition) is 2. The van der Waals surface area contributed by atoms with E-state index in [-0.39, 0.29) is 16.8 Å². The van der Waals surface area contributed by atoms with Crippen molar-refractivity contribution in [2.45, 2.75) is 0 Å². The molecule has 1 aromatic carbocycles. The zero-order valence-electron chi connectivity index (χ0n) is 9.93. The van der Waals surface area contributed by atoms with E-state index in [4.69, 9.17) is 5.11 Å². The number of carboxylic acid groups (broad SMARTS) is 1. The van der Waals surface area contributed by atoms with E-state index >= 15 is 0 Å². The number of nitrogens with one attached hydrogen (secondary N) is 1. The average Bonchev–Trinajstić information content (AvgIpc) is 2.41. The fraction of sp³-hybridized carbons (Fsp3) is 0. The number of hydrogen-bond acceptors (Lipinski definition) is 3. The first-order chi connectivity index (χ1) is 9.49. The summed E-state index contributed by atoms with van der Waals surface area (Å²) in [5.74, 6) is -3.91. The first-order valence-corrected chi connectivity index (χ1v) is 5.42. The van der Waals surface area contributed by atoms with E-state index < -0.39 is 23.5 Å². The molecule has 1 amide bonds. The summed E-state index contributed by atoms with van der Waals surface area (Å²) in [6, 6.07) is 4.13. The Bertz CT molecular complexity index is 689. The van der Waals surface area contributed by atoms with Gasteiger partial charge in [-0.1, -0.05) is 0 Å². The molecular weight excluding hydrogens is 270 g/mol. The first kappa shape index (κ1) is 13.6. The third kappa shape index (κ3) is 2.77. The third-order valence-corrected chi connectivity index (χ3v) is 2.48. The molecule has 0 aliphatic carbocycles. The molecule has 102 valence electrons. The van der Waals surface area contributed by atoms with E-state index in [1.54, 1.807) is 0 Å². The van der Waals surface area contributed by atoms with Gasteiger partial charge in [-0.05, 0) is 24.3 Å². The van der Waals surface area contributed by atoms with Crippen LogP contribution >= 0.6 is 0 Å². The summed E-state index contributed by atoms with van der Waals surface area (Å²) in [5, 5.41) is 10.8. The van der Waals surface area contributed by atoms with Crippen molar-refractivity contribution in [3.8, 4) is 0 Å². The Labute approximate surface area is 111 Å². The van der Waals surface area contributed by atoms with Crippen molar-refractivity contribution < 1.29 is 23.5 Å². The molecule has 2 N–H and O–H groups in total. The molecular formula is C13H8F2N2O3. The van der Waals surface area contributed by atoms with Gasteiger partial charge in [0, 0.05) is 6.20 Å². The number of carboxylic acids is 1. The Morgan fingerprint density at radius 2 is 1.90 bits per heavy atom. The zero-order chi connectivity index (χ0) is 14.7. The summed E-state index contributed by atoms with van der Waals surface area (Å²) >= 11 is 0. The zero-order valence-corrected chi connectivity index (χ0v) is 9.93. The molecule has 0 radical (unpaired) electrons. The summed E-state index contributed by atoms with van der Waals surface area (Å²) < 4.78 is 26.9. The Hall–Kier alpha value is -2.83. The van der Waals surface area contributed by atoms with E-state index in [9.17, 15) is 18.4 Å². The number of nitrogens with zero attached hydrogens (tertiary/aromatic N) is 1. The number of carbonyl (C=O) groups is 2. The molecule has 7 heteroatoms. The molecule has 0 bridgehead atoms. The predicted molar refractivity (Wildman–Crippen MR) is 65.5 cm³/mol. The quantitative estimate of drug-likeness (QED) is 0.903. The lowest BCUT2D eigenvalue weighted by Gasteiger charge is -2.07. The number of anilines is 1. The smallest absolute Gasteiger partial charge is 0.335 e. The third-order valence-electron chi connectivity index (χ3n) is 2.48. The van der Waals surface area contributed by atoms with Crippen molar-refractivity contribution in [3.63, 3.8) is 0 Å². The van der Waals surface area contributed by atoms with Gasteiger partial charge in [0.15, 0.2) is 5.82 Å². The van der Waals surface area contributed by atoms with Crippen LogP contribution in [0.25, 0.3) is 0 Å². The average molecular weight is 278 g/mol. The van der Waals surface area contributed by atoms with Gasteiger partial charge >= 0.3 is 5.97 Å². The van der Waals surface area contributed by atoms with Crippen molar-refractivity contribution in [3.05, 3.63) is 59.4 Å². The van der Waals surface area contributed by atoms with E-state index in [0.717, 1.165) is 30.5 Å². The Morgan fingerprint density at radius 1 is 1.15 bits per heavy atom. The lowest BCUT2D eigenvalue weighted by molar-refractivity contribution is 0.0696. The van der Waals surface area contributed by atoms with Crippen LogP contribution in [0.5, 0.6) is 0 Å². The number of halogens is 2. The van der Waals surface area contributed by atoms with Crippen molar-refractivity contribution in [1.29, 1.82) is 0 Å². The molecule has 0 fully saturated rings. The molecule has 1 heterocycles. The summed E-state index contributed by atoms with van der Waals surface area (Å²) in [4.78, 5) is 25.9. The van der Waals surface area contributed by atoms with E-state index in [0.29, 0.717) is 0 Å². The largest absolute Gasteiger partial charge is 0.478 e. The van der Waals surface area contributed by atoms with Crippen LogP contribution in [-0.2, 0) is 0 Å². The molecule has 0 unspecified atom stereocenters. The van der Waals surface area contributed by atoms with Crippen molar-refractivity contribution >= 4 is 17.6 Å². The number of pyridine rings is 1. The molecule has 0 atom stereocenters. The minimum absolute atomic E-state index is 0.240. The fourth-order valence-electron chi connectivity index (χ4n) is 1.50. The Morgan fingerprint density at radius 3 is 2.50 bits per heavy atom. The van der Waals surface area contributed by atoms with Gasteiger partial charge in [0.2, 0.25) is 0 Å². The van der Waals surface area contributed by atoms with E-state index in [1.807, 2.05) is 0 Å². The van der Waals surface area contributed by atoms with Gasteiger partial charge in [-0.3, -0.25) is 9.78 Å². The number of carbonyl (C=O) groups excluding carboxylic acids is 1. The highest BCUT2D eigenvalue weighted by molar-refractivity contribution is 6.04. The van der Waals surface area contributed by atoms with Gasteiger partial charge in [-0.15, -0.1) is 0 Å². The maximum atomic E-state index is 13.6. The summed E-state index contributed by atoms with van der Waals surface area (Å²) in [7, 11) is 0. The normalized spacial score (nSPS) is 10.1. The molecule has 2 rings (SSSR count). The standard InChI is InChI=1S/C13H8F2N2O3/c14-9-5-7(13(19)20)1-2-11(9)17-12(18)8-3-4-16-6-10(8)15/h1-6H,(H,17,18)(H,19,20). The molecule has 0 saturated heterocycles. The number of amides is 1. The van der Waals surface area contributed by atoms with Crippen LogP contribution in [-0.4, -0.2) is 22.0 Å². The Balaban J connectivity index is 2.25. The number of benzene rings is 1. The number of rotatable bonds is 3. The van der Waals surface area contributed by atoms with Crippen LogP contribution in [0.3, 0.4) is 0 Å². The second kappa shape index (κ2) is 5.43. The van der Waals surface area contributed by atoms with Crippen molar-refractivity contribution in [2.24, 2.45) is 0 Å². The predicted octanol–water partition coefficient (Wildman–Crippen LogP) is 2.31. The second-order valence-corrected chi connectivity index (χ2v) is 3.81. The number of aromatic carboxylic acids is 1. The van der Waals surface area contributed by atoms with Gasteiger partial charge in [0.25, 0.3) is 5.91 Å². The van der Waals surface area contributed by atoms with Gasteiger partial charge in [-0.2, -0.15) is 0 Å². The Kier molecular flexibility index (Phi) is 3.69. The van der Waals surface area contributed by atoms with Gasteiger partial charge < -0.3 is 10.4 Å².